The fourth-order valence-corrected chi connectivity index (χ4v) is 1.61. The normalized spacial score (nSPS) is 25.0. The Kier molecular flexibility index (Phi) is 3.35. The van der Waals surface area contributed by atoms with Crippen LogP contribution in [-0.4, -0.2) is 13.1 Å². The zero-order valence-electron chi connectivity index (χ0n) is 7.98. The molecule has 1 aliphatic rings. The Balaban J connectivity index is 2.65. The molecule has 0 fully saturated rings. The third-order valence-corrected chi connectivity index (χ3v) is 2.24. The molecule has 1 heterocycles. The Morgan fingerprint density at radius 1 is 1.67 bits per heavy atom. The fourth-order valence-electron chi connectivity index (χ4n) is 1.61. The Morgan fingerprint density at radius 2 is 2.42 bits per heavy atom. The molecule has 2 N–H and O–H groups in total. The van der Waals surface area contributed by atoms with Gasteiger partial charge in [-0.2, -0.15) is 0 Å². The molecule has 0 spiro atoms. The second kappa shape index (κ2) is 4.31. The van der Waals surface area contributed by atoms with E-state index >= 15 is 0 Å². The van der Waals surface area contributed by atoms with Crippen LogP contribution >= 0.6 is 0 Å². The highest BCUT2D eigenvalue weighted by molar-refractivity contribution is 5.15. The van der Waals surface area contributed by atoms with Gasteiger partial charge in [0.05, 0.1) is 0 Å². The quantitative estimate of drug-likeness (QED) is 0.651. The van der Waals surface area contributed by atoms with Crippen molar-refractivity contribution in [2.45, 2.75) is 20.3 Å². The Labute approximate surface area is 74.7 Å². The monoisotopic (exact) mass is 166 g/mol. The van der Waals surface area contributed by atoms with Gasteiger partial charge in [0.1, 0.15) is 0 Å². The predicted octanol–water partition coefficient (Wildman–Crippen LogP) is 1.62. The lowest BCUT2D eigenvalue weighted by Crippen LogP contribution is -2.23. The third-order valence-electron chi connectivity index (χ3n) is 2.24. The van der Waals surface area contributed by atoms with E-state index in [2.05, 4.69) is 31.1 Å². The molecule has 2 nitrogen and oxygen atoms in total. The minimum absolute atomic E-state index is 0.745. The SMILES string of the molecule is C=CNC1=C(C)CC(C)CNC1. The predicted molar refractivity (Wildman–Crippen MR) is 52.7 cm³/mol. The van der Waals surface area contributed by atoms with Crippen molar-refractivity contribution < 1.29 is 0 Å². The standard InChI is InChI=1S/C10H18N2/c1-4-12-10-7-11-6-8(2)5-9(10)3/h4,8,11-12H,1,5-7H2,2-3H3. The highest BCUT2D eigenvalue weighted by atomic mass is 15.0. The largest absolute Gasteiger partial charge is 0.365 e. The van der Waals surface area contributed by atoms with E-state index in [4.69, 9.17) is 0 Å². The molecular formula is C10H18N2. The maximum atomic E-state index is 3.67. The summed E-state index contributed by atoms with van der Waals surface area (Å²) < 4.78 is 0. The average molecular weight is 166 g/mol. The number of allylic oxidation sites excluding steroid dienone is 1. The molecule has 0 aromatic carbocycles. The van der Waals surface area contributed by atoms with E-state index < -0.39 is 0 Å². The highest BCUT2D eigenvalue weighted by Crippen LogP contribution is 2.15. The molecule has 1 aliphatic heterocycles. The van der Waals surface area contributed by atoms with Crippen LogP contribution in [0, 0.1) is 5.92 Å². The van der Waals surface area contributed by atoms with E-state index in [-0.39, 0.29) is 0 Å². The summed E-state index contributed by atoms with van der Waals surface area (Å²) >= 11 is 0. The van der Waals surface area contributed by atoms with Gasteiger partial charge in [-0.25, -0.2) is 0 Å². The summed E-state index contributed by atoms with van der Waals surface area (Å²) in [5.41, 5.74) is 2.74. The number of rotatable bonds is 2. The van der Waals surface area contributed by atoms with Crippen LogP contribution in [0.2, 0.25) is 0 Å². The zero-order valence-corrected chi connectivity index (χ0v) is 7.98. The Hall–Kier alpha value is -0.760. The van der Waals surface area contributed by atoms with Crippen LogP contribution < -0.4 is 10.6 Å². The van der Waals surface area contributed by atoms with Crippen molar-refractivity contribution in [1.29, 1.82) is 0 Å². The van der Waals surface area contributed by atoms with Gasteiger partial charge in [-0.05, 0) is 32.0 Å². The summed E-state index contributed by atoms with van der Waals surface area (Å²) in [4.78, 5) is 0. The molecule has 0 bridgehead atoms. The fraction of sp³-hybridized carbons (Fsp3) is 0.600. The van der Waals surface area contributed by atoms with E-state index in [1.807, 2.05) is 0 Å². The molecule has 2 heteroatoms. The first kappa shape index (κ1) is 9.33. The molecule has 1 rings (SSSR count). The Morgan fingerprint density at radius 3 is 3.08 bits per heavy atom. The first-order valence-electron chi connectivity index (χ1n) is 4.50. The van der Waals surface area contributed by atoms with E-state index in [0.717, 1.165) is 19.0 Å². The van der Waals surface area contributed by atoms with Crippen molar-refractivity contribution in [1.82, 2.24) is 10.6 Å². The van der Waals surface area contributed by atoms with E-state index in [0.29, 0.717) is 0 Å². The molecule has 0 radical (unpaired) electrons. The van der Waals surface area contributed by atoms with E-state index in [1.54, 1.807) is 6.20 Å². The van der Waals surface area contributed by atoms with Crippen LogP contribution in [0.25, 0.3) is 0 Å². The third kappa shape index (κ3) is 2.38. The topological polar surface area (TPSA) is 24.1 Å². The molecule has 0 amide bonds. The first-order valence-corrected chi connectivity index (χ1v) is 4.50. The maximum Gasteiger partial charge on any atom is 0.0356 e. The van der Waals surface area contributed by atoms with Gasteiger partial charge in [0, 0.05) is 12.2 Å². The van der Waals surface area contributed by atoms with Crippen molar-refractivity contribution in [3.8, 4) is 0 Å². The summed E-state index contributed by atoms with van der Waals surface area (Å²) in [5, 5.41) is 6.57. The van der Waals surface area contributed by atoms with Crippen LogP contribution in [0.4, 0.5) is 0 Å². The van der Waals surface area contributed by atoms with E-state index in [1.165, 1.54) is 17.7 Å². The molecule has 0 saturated heterocycles. The van der Waals surface area contributed by atoms with Gasteiger partial charge in [-0.15, -0.1) is 0 Å². The number of hydrogen-bond acceptors (Lipinski definition) is 2. The zero-order chi connectivity index (χ0) is 8.97. The van der Waals surface area contributed by atoms with Gasteiger partial charge < -0.3 is 10.6 Å². The lowest BCUT2D eigenvalue weighted by molar-refractivity contribution is 0.542. The van der Waals surface area contributed by atoms with Gasteiger partial charge in [-0.3, -0.25) is 0 Å². The number of hydrogen-bond donors (Lipinski definition) is 2. The van der Waals surface area contributed by atoms with Gasteiger partial charge >= 0.3 is 0 Å². The average Bonchev–Trinajstić information content (AvgIpc) is 2.15. The van der Waals surface area contributed by atoms with Crippen molar-refractivity contribution in [2.75, 3.05) is 13.1 Å². The van der Waals surface area contributed by atoms with Crippen LogP contribution in [-0.2, 0) is 0 Å². The van der Waals surface area contributed by atoms with Gasteiger partial charge in [0.25, 0.3) is 0 Å². The second-order valence-electron chi connectivity index (χ2n) is 3.55. The van der Waals surface area contributed by atoms with Crippen molar-refractivity contribution in [2.24, 2.45) is 5.92 Å². The summed E-state index contributed by atoms with van der Waals surface area (Å²) in [6, 6.07) is 0. The lowest BCUT2D eigenvalue weighted by Gasteiger charge is -2.08. The smallest absolute Gasteiger partial charge is 0.0356 e. The molecule has 1 unspecified atom stereocenters. The molecule has 1 atom stereocenters. The molecule has 12 heavy (non-hydrogen) atoms. The molecular weight excluding hydrogens is 148 g/mol. The van der Waals surface area contributed by atoms with Gasteiger partial charge in [0.15, 0.2) is 0 Å². The molecule has 0 aromatic rings. The van der Waals surface area contributed by atoms with Gasteiger partial charge in [-0.1, -0.05) is 19.1 Å². The number of nitrogens with one attached hydrogen (secondary N) is 2. The molecule has 68 valence electrons. The van der Waals surface area contributed by atoms with Gasteiger partial charge in [0.2, 0.25) is 0 Å². The molecule has 0 aliphatic carbocycles. The molecule has 0 saturated carbocycles. The minimum atomic E-state index is 0.745. The summed E-state index contributed by atoms with van der Waals surface area (Å²) in [6.45, 7) is 10.2. The van der Waals surface area contributed by atoms with Crippen molar-refractivity contribution >= 4 is 0 Å². The van der Waals surface area contributed by atoms with Crippen LogP contribution in [0.5, 0.6) is 0 Å². The molecule has 0 aromatic heterocycles. The summed E-state index contributed by atoms with van der Waals surface area (Å²) in [7, 11) is 0. The van der Waals surface area contributed by atoms with Crippen LogP contribution in [0.15, 0.2) is 24.0 Å². The van der Waals surface area contributed by atoms with E-state index in [9.17, 15) is 0 Å². The van der Waals surface area contributed by atoms with Crippen molar-refractivity contribution in [3.63, 3.8) is 0 Å². The van der Waals surface area contributed by atoms with Crippen LogP contribution in [0.1, 0.15) is 20.3 Å². The van der Waals surface area contributed by atoms with Crippen LogP contribution in [0.3, 0.4) is 0 Å². The first-order chi connectivity index (χ1) is 5.74. The maximum absolute atomic E-state index is 3.67. The minimum Gasteiger partial charge on any atom is -0.365 e. The lowest BCUT2D eigenvalue weighted by atomic mass is 10.0. The second-order valence-corrected chi connectivity index (χ2v) is 3.55. The Bertz CT molecular complexity index is 194. The van der Waals surface area contributed by atoms with Crippen molar-refractivity contribution in [3.05, 3.63) is 24.0 Å². The summed E-state index contributed by atoms with van der Waals surface area (Å²) in [6.07, 6.45) is 2.93. The highest BCUT2D eigenvalue weighted by Gasteiger charge is 2.11. The summed E-state index contributed by atoms with van der Waals surface area (Å²) in [5.74, 6) is 0.745.